The predicted molar refractivity (Wildman–Crippen MR) is 51.2 cm³/mol. The second-order valence-corrected chi connectivity index (χ2v) is 2.51. The third-order valence-corrected chi connectivity index (χ3v) is 1.51. The second-order valence-electron chi connectivity index (χ2n) is 2.51. The fourth-order valence-corrected chi connectivity index (χ4v) is 0.820. The van der Waals surface area contributed by atoms with E-state index < -0.39 is 5.97 Å². The zero-order chi connectivity index (χ0) is 10.4. The number of nitrogens with one attached hydrogen (secondary N) is 1. The predicted octanol–water partition coefficient (Wildman–Crippen LogP) is 1.92. The molecule has 0 bridgehead atoms. The normalized spacial score (nSPS) is 10.1. The van der Waals surface area contributed by atoms with Crippen molar-refractivity contribution < 1.29 is 13.9 Å². The summed E-state index contributed by atoms with van der Waals surface area (Å²) in [6, 6.07) is 5.79. The third kappa shape index (κ3) is 3.26. The van der Waals surface area contributed by atoms with Gasteiger partial charge in [0, 0.05) is 18.0 Å². The van der Waals surface area contributed by atoms with Crippen molar-refractivity contribution in [2.24, 2.45) is 0 Å². The zero-order valence-electron chi connectivity index (χ0n) is 7.66. The molecule has 0 saturated carbocycles. The van der Waals surface area contributed by atoms with E-state index in [1.807, 2.05) is 0 Å². The number of anilines is 1. The maximum Gasteiger partial charge on any atom is 0.331 e. The molecule has 1 N–H and O–H groups in total. The highest BCUT2D eigenvalue weighted by Crippen LogP contribution is 2.07. The first kappa shape index (κ1) is 10.2. The van der Waals surface area contributed by atoms with Crippen molar-refractivity contribution >= 4 is 11.7 Å². The summed E-state index contributed by atoms with van der Waals surface area (Å²) in [4.78, 5) is 10.6. The molecule has 0 spiro atoms. The van der Waals surface area contributed by atoms with Gasteiger partial charge in [-0.3, -0.25) is 0 Å². The lowest BCUT2D eigenvalue weighted by Crippen LogP contribution is -1.96. The van der Waals surface area contributed by atoms with E-state index in [1.54, 1.807) is 12.1 Å². The standard InChI is InChI=1S/C10H10FNO2/c1-14-10(13)6-7-12-9-4-2-8(11)3-5-9/h2-7,12H,1H3/b7-6-. The van der Waals surface area contributed by atoms with Crippen LogP contribution in [0.4, 0.5) is 10.1 Å². The minimum atomic E-state index is -0.445. The molecule has 0 fully saturated rings. The van der Waals surface area contributed by atoms with Crippen LogP contribution in [0.1, 0.15) is 0 Å². The highest BCUT2D eigenvalue weighted by molar-refractivity contribution is 5.82. The Bertz CT molecular complexity index is 332. The average Bonchev–Trinajstić information content (AvgIpc) is 2.21. The molecule has 0 radical (unpaired) electrons. The van der Waals surface area contributed by atoms with Crippen LogP contribution in [0.3, 0.4) is 0 Å². The quantitative estimate of drug-likeness (QED) is 0.591. The summed E-state index contributed by atoms with van der Waals surface area (Å²) >= 11 is 0. The summed E-state index contributed by atoms with van der Waals surface area (Å²) in [6.45, 7) is 0. The number of methoxy groups -OCH3 is 1. The monoisotopic (exact) mass is 195 g/mol. The Morgan fingerprint density at radius 2 is 2.07 bits per heavy atom. The Kier molecular flexibility index (Phi) is 3.67. The molecule has 0 heterocycles. The number of ether oxygens (including phenoxy) is 1. The lowest BCUT2D eigenvalue weighted by molar-refractivity contribution is -0.134. The van der Waals surface area contributed by atoms with Crippen molar-refractivity contribution in [1.82, 2.24) is 0 Å². The molecule has 0 aliphatic carbocycles. The summed E-state index contributed by atoms with van der Waals surface area (Å²) in [7, 11) is 1.30. The summed E-state index contributed by atoms with van der Waals surface area (Å²) in [6.07, 6.45) is 2.67. The molecule has 0 atom stereocenters. The molecule has 14 heavy (non-hydrogen) atoms. The lowest BCUT2D eigenvalue weighted by Gasteiger charge is -1.98. The zero-order valence-corrected chi connectivity index (χ0v) is 7.66. The first-order valence-corrected chi connectivity index (χ1v) is 3.99. The molecule has 0 aliphatic rings. The molecule has 1 aromatic rings. The van der Waals surface area contributed by atoms with Crippen molar-refractivity contribution in [3.05, 3.63) is 42.4 Å². The molecule has 74 valence electrons. The fraction of sp³-hybridized carbons (Fsp3) is 0.100. The topological polar surface area (TPSA) is 38.3 Å². The molecule has 0 unspecified atom stereocenters. The van der Waals surface area contributed by atoms with Gasteiger partial charge in [0.1, 0.15) is 5.82 Å². The van der Waals surface area contributed by atoms with Crippen molar-refractivity contribution in [2.45, 2.75) is 0 Å². The van der Waals surface area contributed by atoms with Crippen LogP contribution in [0.5, 0.6) is 0 Å². The number of rotatable bonds is 3. The largest absolute Gasteiger partial charge is 0.466 e. The van der Waals surface area contributed by atoms with Crippen LogP contribution in [0, 0.1) is 5.82 Å². The highest BCUT2D eigenvalue weighted by atomic mass is 19.1. The van der Waals surface area contributed by atoms with Crippen molar-refractivity contribution in [1.29, 1.82) is 0 Å². The van der Waals surface area contributed by atoms with Crippen LogP contribution in [0.15, 0.2) is 36.5 Å². The molecular weight excluding hydrogens is 185 g/mol. The Morgan fingerprint density at radius 1 is 1.43 bits per heavy atom. The van der Waals surface area contributed by atoms with E-state index in [1.165, 1.54) is 31.5 Å². The molecule has 3 nitrogen and oxygen atoms in total. The highest BCUT2D eigenvalue weighted by Gasteiger charge is 1.91. The molecule has 0 aliphatic heterocycles. The Hall–Kier alpha value is -1.84. The van der Waals surface area contributed by atoms with E-state index in [-0.39, 0.29) is 5.82 Å². The first-order valence-electron chi connectivity index (χ1n) is 3.99. The minimum Gasteiger partial charge on any atom is -0.466 e. The number of benzene rings is 1. The first-order chi connectivity index (χ1) is 6.72. The van der Waals surface area contributed by atoms with E-state index in [0.29, 0.717) is 5.69 Å². The maximum atomic E-state index is 12.5. The molecular formula is C10H10FNO2. The van der Waals surface area contributed by atoms with Gasteiger partial charge < -0.3 is 10.1 Å². The molecule has 0 amide bonds. The molecule has 1 aromatic carbocycles. The van der Waals surface area contributed by atoms with Crippen molar-refractivity contribution in [3.63, 3.8) is 0 Å². The third-order valence-electron chi connectivity index (χ3n) is 1.51. The van der Waals surface area contributed by atoms with Gasteiger partial charge in [-0.2, -0.15) is 0 Å². The van der Waals surface area contributed by atoms with E-state index in [9.17, 15) is 9.18 Å². The molecule has 0 saturated heterocycles. The van der Waals surface area contributed by atoms with Crippen LogP contribution in [-0.4, -0.2) is 13.1 Å². The van der Waals surface area contributed by atoms with Crippen LogP contribution in [0.2, 0.25) is 0 Å². The second kappa shape index (κ2) is 5.01. The Morgan fingerprint density at radius 3 is 2.64 bits per heavy atom. The molecule has 4 heteroatoms. The average molecular weight is 195 g/mol. The number of hydrogen-bond acceptors (Lipinski definition) is 3. The van der Waals surface area contributed by atoms with E-state index in [0.717, 1.165) is 0 Å². The van der Waals surface area contributed by atoms with E-state index in [4.69, 9.17) is 0 Å². The SMILES string of the molecule is COC(=O)/C=C\Nc1ccc(F)cc1. The Labute approximate surface area is 81.2 Å². The van der Waals surface area contributed by atoms with Crippen LogP contribution in [-0.2, 0) is 9.53 Å². The number of carbonyl (C=O) groups excluding carboxylic acids is 1. The number of carbonyl (C=O) groups is 1. The summed E-state index contributed by atoms with van der Waals surface area (Å²) in [5, 5.41) is 2.79. The summed E-state index contributed by atoms with van der Waals surface area (Å²) < 4.78 is 16.9. The van der Waals surface area contributed by atoms with Crippen LogP contribution in [0.25, 0.3) is 0 Å². The fourth-order valence-electron chi connectivity index (χ4n) is 0.820. The smallest absolute Gasteiger partial charge is 0.331 e. The lowest BCUT2D eigenvalue weighted by atomic mass is 10.3. The van der Waals surface area contributed by atoms with Gasteiger partial charge in [-0.1, -0.05) is 0 Å². The molecule has 0 aromatic heterocycles. The summed E-state index contributed by atoms with van der Waals surface area (Å²) in [5.74, 6) is -0.743. The van der Waals surface area contributed by atoms with Gasteiger partial charge in [-0.05, 0) is 24.3 Å². The van der Waals surface area contributed by atoms with Gasteiger partial charge >= 0.3 is 5.97 Å². The van der Waals surface area contributed by atoms with Crippen molar-refractivity contribution in [3.8, 4) is 0 Å². The van der Waals surface area contributed by atoms with Crippen molar-refractivity contribution in [2.75, 3.05) is 12.4 Å². The van der Waals surface area contributed by atoms with E-state index in [2.05, 4.69) is 10.1 Å². The maximum absolute atomic E-state index is 12.5. The Balaban J connectivity index is 2.49. The van der Waals surface area contributed by atoms with Gasteiger partial charge in [-0.15, -0.1) is 0 Å². The van der Waals surface area contributed by atoms with Gasteiger partial charge in [0.25, 0.3) is 0 Å². The number of esters is 1. The van der Waals surface area contributed by atoms with Gasteiger partial charge in [0.2, 0.25) is 0 Å². The van der Waals surface area contributed by atoms with Gasteiger partial charge in [0.15, 0.2) is 0 Å². The summed E-state index contributed by atoms with van der Waals surface area (Å²) in [5.41, 5.74) is 0.701. The van der Waals surface area contributed by atoms with E-state index >= 15 is 0 Å². The minimum absolute atomic E-state index is 0.299. The van der Waals surface area contributed by atoms with Gasteiger partial charge in [-0.25, -0.2) is 9.18 Å². The number of halogens is 1. The van der Waals surface area contributed by atoms with Crippen LogP contribution < -0.4 is 5.32 Å². The molecule has 1 rings (SSSR count). The van der Waals surface area contributed by atoms with Crippen LogP contribution >= 0.6 is 0 Å². The van der Waals surface area contributed by atoms with Gasteiger partial charge in [0.05, 0.1) is 7.11 Å². The number of hydrogen-bond donors (Lipinski definition) is 1.